The summed E-state index contributed by atoms with van der Waals surface area (Å²) in [5.74, 6) is 0. The van der Waals surface area contributed by atoms with E-state index in [1.165, 1.54) is 53.1 Å². The summed E-state index contributed by atoms with van der Waals surface area (Å²) >= 11 is 1.88. The van der Waals surface area contributed by atoms with E-state index in [1.54, 1.807) is 0 Å². The molecule has 0 amide bonds. The van der Waals surface area contributed by atoms with Crippen LogP contribution in [0.2, 0.25) is 0 Å². The molecule has 2 heterocycles. The molecule has 6 rings (SSSR count). The van der Waals surface area contributed by atoms with E-state index >= 15 is 0 Å². The SMILES string of the molecule is Cn1c2cc3sc4ccccc4c3cc2c2cccc(-c3ccccc3)c21. The summed E-state index contributed by atoms with van der Waals surface area (Å²) in [5, 5.41) is 5.38. The van der Waals surface area contributed by atoms with Gasteiger partial charge in [0.15, 0.2) is 0 Å². The molecule has 2 heteroatoms. The molecule has 2 aromatic heterocycles. The molecule has 0 spiro atoms. The number of fused-ring (bicyclic) bond motifs is 6. The highest BCUT2D eigenvalue weighted by Gasteiger charge is 2.15. The lowest BCUT2D eigenvalue weighted by Gasteiger charge is -2.06. The summed E-state index contributed by atoms with van der Waals surface area (Å²) in [5.41, 5.74) is 5.16. The number of aromatic nitrogens is 1. The molecule has 6 aromatic rings. The fourth-order valence-corrected chi connectivity index (χ4v) is 5.47. The third-order valence-electron chi connectivity index (χ3n) is 5.60. The number of para-hydroxylation sites is 1. The minimum atomic E-state index is 1.27. The van der Waals surface area contributed by atoms with Crippen molar-refractivity contribution in [2.75, 3.05) is 0 Å². The minimum Gasteiger partial charge on any atom is -0.343 e. The second-order valence-electron chi connectivity index (χ2n) is 7.09. The molecule has 0 saturated heterocycles. The van der Waals surface area contributed by atoms with Gasteiger partial charge in [-0.3, -0.25) is 0 Å². The Morgan fingerprint density at radius 1 is 0.630 bits per heavy atom. The lowest BCUT2D eigenvalue weighted by atomic mass is 10.0. The molecule has 0 radical (unpaired) electrons. The Labute approximate surface area is 161 Å². The van der Waals surface area contributed by atoms with Crippen molar-refractivity contribution < 1.29 is 0 Å². The number of thiophene rings is 1. The van der Waals surface area contributed by atoms with Crippen LogP contribution in [0.25, 0.3) is 53.1 Å². The number of aryl methyl sites for hydroxylation is 1. The molecule has 128 valence electrons. The quantitative estimate of drug-likeness (QED) is 0.287. The predicted molar refractivity (Wildman–Crippen MR) is 119 cm³/mol. The van der Waals surface area contributed by atoms with Gasteiger partial charge in [0.25, 0.3) is 0 Å². The Bertz CT molecular complexity index is 1470. The number of hydrogen-bond acceptors (Lipinski definition) is 1. The zero-order valence-electron chi connectivity index (χ0n) is 14.9. The first-order valence-corrected chi connectivity index (χ1v) is 10.0. The fraction of sp³-hybridized carbons (Fsp3) is 0.0400. The van der Waals surface area contributed by atoms with E-state index in [0.29, 0.717) is 0 Å². The lowest BCUT2D eigenvalue weighted by molar-refractivity contribution is 1.02. The maximum Gasteiger partial charge on any atom is 0.0568 e. The first kappa shape index (κ1) is 15.0. The van der Waals surface area contributed by atoms with E-state index in [0.717, 1.165) is 0 Å². The summed E-state index contributed by atoms with van der Waals surface area (Å²) in [6.45, 7) is 0. The third kappa shape index (κ3) is 2.05. The van der Waals surface area contributed by atoms with Crippen LogP contribution in [-0.2, 0) is 7.05 Å². The molecular formula is C25H17NS. The van der Waals surface area contributed by atoms with Gasteiger partial charge < -0.3 is 4.57 Å². The van der Waals surface area contributed by atoms with E-state index in [9.17, 15) is 0 Å². The minimum absolute atomic E-state index is 1.27. The van der Waals surface area contributed by atoms with Gasteiger partial charge in [-0.1, -0.05) is 66.7 Å². The Morgan fingerprint density at radius 3 is 2.30 bits per heavy atom. The van der Waals surface area contributed by atoms with E-state index in [-0.39, 0.29) is 0 Å². The molecule has 27 heavy (non-hydrogen) atoms. The molecule has 0 aliphatic heterocycles. The van der Waals surface area contributed by atoms with E-state index in [4.69, 9.17) is 0 Å². The monoisotopic (exact) mass is 363 g/mol. The highest BCUT2D eigenvalue weighted by molar-refractivity contribution is 7.25. The van der Waals surface area contributed by atoms with Crippen molar-refractivity contribution in [1.29, 1.82) is 0 Å². The van der Waals surface area contributed by atoms with Gasteiger partial charge in [-0.2, -0.15) is 0 Å². The molecule has 0 atom stereocenters. The second kappa shape index (κ2) is 5.45. The second-order valence-corrected chi connectivity index (χ2v) is 8.17. The zero-order valence-corrected chi connectivity index (χ0v) is 15.8. The van der Waals surface area contributed by atoms with Gasteiger partial charge in [0.05, 0.1) is 11.0 Å². The van der Waals surface area contributed by atoms with Crippen molar-refractivity contribution in [2.24, 2.45) is 7.05 Å². The van der Waals surface area contributed by atoms with Crippen molar-refractivity contribution in [3.8, 4) is 11.1 Å². The summed E-state index contributed by atoms with van der Waals surface area (Å²) in [4.78, 5) is 0. The standard InChI is InChI=1S/C25H17NS/c1-26-22-15-24-21(18-10-5-6-13-23(18)27-24)14-20(22)19-12-7-11-17(25(19)26)16-8-3-2-4-9-16/h2-15H,1H3. The fourth-order valence-electron chi connectivity index (χ4n) is 4.35. The van der Waals surface area contributed by atoms with Gasteiger partial charge in [0.2, 0.25) is 0 Å². The van der Waals surface area contributed by atoms with Crippen LogP contribution in [0, 0.1) is 0 Å². The molecular weight excluding hydrogens is 346 g/mol. The number of nitrogens with zero attached hydrogens (tertiary/aromatic N) is 1. The largest absolute Gasteiger partial charge is 0.343 e. The zero-order chi connectivity index (χ0) is 18.0. The number of hydrogen-bond donors (Lipinski definition) is 0. The number of rotatable bonds is 1. The summed E-state index contributed by atoms with van der Waals surface area (Å²) in [7, 11) is 2.19. The Morgan fingerprint density at radius 2 is 1.41 bits per heavy atom. The van der Waals surface area contributed by atoms with E-state index in [1.807, 2.05) is 11.3 Å². The van der Waals surface area contributed by atoms with Gasteiger partial charge >= 0.3 is 0 Å². The summed E-state index contributed by atoms with van der Waals surface area (Å²) in [6.07, 6.45) is 0. The molecule has 0 N–H and O–H groups in total. The summed E-state index contributed by atoms with van der Waals surface area (Å²) in [6, 6.07) is 30.8. The molecule has 0 aliphatic carbocycles. The highest BCUT2D eigenvalue weighted by atomic mass is 32.1. The first-order chi connectivity index (χ1) is 13.3. The normalized spacial score (nSPS) is 11.9. The topological polar surface area (TPSA) is 4.93 Å². The van der Waals surface area contributed by atoms with E-state index < -0.39 is 0 Å². The molecule has 0 fully saturated rings. The van der Waals surface area contributed by atoms with Crippen LogP contribution in [0.5, 0.6) is 0 Å². The van der Waals surface area contributed by atoms with Gasteiger partial charge in [-0.15, -0.1) is 11.3 Å². The Balaban J connectivity index is 1.78. The van der Waals surface area contributed by atoms with Crippen molar-refractivity contribution in [3.63, 3.8) is 0 Å². The highest BCUT2D eigenvalue weighted by Crippen LogP contribution is 2.41. The van der Waals surface area contributed by atoms with Crippen molar-refractivity contribution in [3.05, 3.63) is 84.9 Å². The van der Waals surface area contributed by atoms with Crippen LogP contribution in [0.3, 0.4) is 0 Å². The predicted octanol–water partition coefficient (Wildman–Crippen LogP) is 7.37. The van der Waals surface area contributed by atoms with Gasteiger partial charge in [-0.25, -0.2) is 0 Å². The van der Waals surface area contributed by atoms with Crippen LogP contribution >= 0.6 is 11.3 Å². The Hall–Kier alpha value is -3.10. The number of benzene rings is 4. The van der Waals surface area contributed by atoms with E-state index in [2.05, 4.69) is 96.5 Å². The van der Waals surface area contributed by atoms with Crippen LogP contribution in [-0.4, -0.2) is 4.57 Å². The van der Waals surface area contributed by atoms with Crippen molar-refractivity contribution in [2.45, 2.75) is 0 Å². The average molecular weight is 363 g/mol. The Kier molecular flexibility index (Phi) is 3.03. The maximum absolute atomic E-state index is 2.39. The van der Waals surface area contributed by atoms with Crippen molar-refractivity contribution in [1.82, 2.24) is 4.57 Å². The molecule has 1 nitrogen and oxygen atoms in total. The van der Waals surface area contributed by atoms with Crippen LogP contribution in [0.1, 0.15) is 0 Å². The van der Waals surface area contributed by atoms with Gasteiger partial charge in [-0.05, 0) is 23.8 Å². The lowest BCUT2D eigenvalue weighted by Crippen LogP contribution is -1.89. The molecule has 0 unspecified atom stereocenters. The first-order valence-electron chi connectivity index (χ1n) is 9.19. The average Bonchev–Trinajstić information content (AvgIpc) is 3.23. The van der Waals surface area contributed by atoms with Crippen LogP contribution in [0.4, 0.5) is 0 Å². The maximum atomic E-state index is 2.39. The molecule has 0 aliphatic rings. The molecule has 4 aromatic carbocycles. The van der Waals surface area contributed by atoms with Crippen molar-refractivity contribution >= 4 is 53.3 Å². The van der Waals surface area contributed by atoms with Gasteiger partial charge in [0, 0.05) is 43.6 Å². The van der Waals surface area contributed by atoms with Crippen LogP contribution in [0.15, 0.2) is 84.9 Å². The van der Waals surface area contributed by atoms with Crippen LogP contribution < -0.4 is 0 Å². The molecule has 0 saturated carbocycles. The molecule has 0 bridgehead atoms. The smallest absolute Gasteiger partial charge is 0.0568 e. The third-order valence-corrected chi connectivity index (χ3v) is 6.74. The van der Waals surface area contributed by atoms with Gasteiger partial charge in [0.1, 0.15) is 0 Å². The summed E-state index contributed by atoms with van der Waals surface area (Å²) < 4.78 is 5.07.